The molecule has 5 heteroatoms. The van der Waals surface area contributed by atoms with Crippen molar-refractivity contribution in [2.24, 2.45) is 0 Å². The average Bonchev–Trinajstić information content (AvgIpc) is 3.75. The lowest BCUT2D eigenvalue weighted by Gasteiger charge is -2.18. The van der Waals surface area contributed by atoms with Gasteiger partial charge in [0.1, 0.15) is 0 Å². The third kappa shape index (κ3) is 5.99. The molecule has 0 amide bonds. The van der Waals surface area contributed by atoms with Gasteiger partial charge in [-0.25, -0.2) is 15.0 Å². The first-order valence-corrected chi connectivity index (χ1v) is 22.3. The van der Waals surface area contributed by atoms with Crippen LogP contribution in [-0.4, -0.2) is 24.1 Å². The van der Waals surface area contributed by atoms with Crippen molar-refractivity contribution in [2.45, 2.75) is 19.3 Å². The van der Waals surface area contributed by atoms with Crippen molar-refractivity contribution in [3.63, 3.8) is 0 Å². The summed E-state index contributed by atoms with van der Waals surface area (Å²) in [6, 6.07) is 60.6. The minimum atomic E-state index is 0.625. The summed E-state index contributed by atoms with van der Waals surface area (Å²) in [6.07, 6.45) is 13.3. The lowest BCUT2D eigenvalue weighted by Crippen LogP contribution is -2.07. The Morgan fingerprint density at radius 3 is 2.09 bits per heavy atom. The molecule has 0 saturated carbocycles. The Labute approximate surface area is 376 Å². The van der Waals surface area contributed by atoms with Gasteiger partial charge in [-0.2, -0.15) is 0 Å². The number of benzene rings is 8. The van der Waals surface area contributed by atoms with Gasteiger partial charge >= 0.3 is 0 Å². The number of para-hydroxylation sites is 3. The predicted molar refractivity (Wildman–Crippen MR) is 270 cm³/mol. The van der Waals surface area contributed by atoms with Crippen LogP contribution < -0.4 is 0 Å². The third-order valence-corrected chi connectivity index (χ3v) is 13.1. The lowest BCUT2D eigenvalue weighted by atomic mass is 9.94. The first kappa shape index (κ1) is 37.0. The van der Waals surface area contributed by atoms with Gasteiger partial charge in [0, 0.05) is 49.8 Å². The molecule has 5 nitrogen and oxygen atoms in total. The Bertz CT molecular complexity index is 3920. The van der Waals surface area contributed by atoms with E-state index in [4.69, 9.17) is 15.0 Å². The maximum absolute atomic E-state index is 5.51. The normalized spacial score (nSPS) is 13.3. The number of hydrogen-bond donors (Lipinski definition) is 0. The molecule has 0 spiro atoms. The van der Waals surface area contributed by atoms with Gasteiger partial charge in [0.2, 0.25) is 0 Å². The molecule has 0 atom stereocenters. The topological polar surface area (TPSA) is 48.5 Å². The summed E-state index contributed by atoms with van der Waals surface area (Å²) in [5.74, 6) is 8.47. The van der Waals surface area contributed by atoms with Crippen LogP contribution in [0.4, 0.5) is 0 Å². The van der Waals surface area contributed by atoms with E-state index in [0.29, 0.717) is 23.9 Å². The molecular formula is C60H39N5. The zero-order valence-electron chi connectivity index (χ0n) is 35.4. The standard InChI is InChI=1S/C60H39N5/c1-2-7-23-43(22-6-1)64-53-31-14-12-27-48(53)50-29-17-33-55(57(50)64)65-54-32-15-13-26-47(54)49-28-16-30-52(56(49)65)60-62-58(42-35-34-39-18-8-9-21-41(39)38-42)61-59(63-60)51-37-36-44(40-19-4-3-5-20-40)45-24-10-11-25-46(45)51/h1,3-6,8-14,16-22,24-31,33-38H,15,23,32H2. The summed E-state index contributed by atoms with van der Waals surface area (Å²) in [6.45, 7) is 0. The molecule has 304 valence electrons. The van der Waals surface area contributed by atoms with Crippen LogP contribution in [0.15, 0.2) is 194 Å². The third-order valence-electron chi connectivity index (χ3n) is 13.1. The van der Waals surface area contributed by atoms with Crippen molar-refractivity contribution in [1.82, 2.24) is 24.1 Å². The molecule has 0 fully saturated rings. The monoisotopic (exact) mass is 829 g/mol. The van der Waals surface area contributed by atoms with Crippen LogP contribution in [0.5, 0.6) is 0 Å². The molecule has 13 rings (SSSR count). The molecule has 3 aromatic heterocycles. The summed E-state index contributed by atoms with van der Waals surface area (Å²) in [4.78, 5) is 16.3. The van der Waals surface area contributed by atoms with Crippen LogP contribution in [0.1, 0.15) is 24.1 Å². The zero-order valence-corrected chi connectivity index (χ0v) is 35.4. The second-order valence-corrected chi connectivity index (χ2v) is 16.8. The van der Waals surface area contributed by atoms with Crippen LogP contribution >= 0.6 is 0 Å². The Kier molecular flexibility index (Phi) is 8.57. The minimum absolute atomic E-state index is 0.625. The first-order valence-electron chi connectivity index (χ1n) is 22.3. The van der Waals surface area contributed by atoms with E-state index in [1.165, 1.54) is 43.9 Å². The van der Waals surface area contributed by atoms with Crippen LogP contribution in [0.3, 0.4) is 0 Å². The number of aromatic nitrogens is 5. The summed E-state index contributed by atoms with van der Waals surface area (Å²) in [5, 5.41) is 8.12. The molecule has 2 aliphatic carbocycles. The molecule has 0 bridgehead atoms. The summed E-state index contributed by atoms with van der Waals surface area (Å²) >= 11 is 0. The van der Waals surface area contributed by atoms with Crippen molar-refractivity contribution < 1.29 is 0 Å². The molecule has 3 heterocycles. The van der Waals surface area contributed by atoms with Crippen molar-refractivity contribution >= 4 is 66.0 Å². The number of allylic oxidation sites excluding steroid dienone is 5. The number of hydrogen-bond acceptors (Lipinski definition) is 3. The Balaban J connectivity index is 1.11. The van der Waals surface area contributed by atoms with Gasteiger partial charge in [-0.15, -0.1) is 0 Å². The van der Waals surface area contributed by atoms with Crippen molar-refractivity contribution in [2.75, 3.05) is 0 Å². The van der Waals surface area contributed by atoms with Crippen molar-refractivity contribution in [3.05, 3.63) is 205 Å². The fourth-order valence-corrected chi connectivity index (χ4v) is 10.3. The van der Waals surface area contributed by atoms with E-state index in [9.17, 15) is 0 Å². The molecule has 2 aliphatic rings. The highest BCUT2D eigenvalue weighted by atomic mass is 15.1. The largest absolute Gasteiger partial charge is 0.310 e. The van der Waals surface area contributed by atoms with E-state index in [0.717, 1.165) is 73.6 Å². The maximum Gasteiger partial charge on any atom is 0.166 e. The van der Waals surface area contributed by atoms with Crippen LogP contribution in [0.2, 0.25) is 0 Å². The highest BCUT2D eigenvalue weighted by molar-refractivity contribution is 6.14. The summed E-state index contributed by atoms with van der Waals surface area (Å²) < 4.78 is 4.95. The fraction of sp³-hybridized carbons (Fsp3) is 0.0500. The molecule has 0 saturated heterocycles. The average molecular weight is 830 g/mol. The zero-order chi connectivity index (χ0) is 42.8. The van der Waals surface area contributed by atoms with Gasteiger partial charge < -0.3 is 9.13 Å². The van der Waals surface area contributed by atoms with E-state index < -0.39 is 0 Å². The predicted octanol–water partition coefficient (Wildman–Crippen LogP) is 14.7. The smallest absolute Gasteiger partial charge is 0.166 e. The quantitative estimate of drug-likeness (QED) is 0.157. The second kappa shape index (κ2) is 15.0. The van der Waals surface area contributed by atoms with Crippen LogP contribution in [0.25, 0.3) is 117 Å². The molecule has 11 aromatic rings. The van der Waals surface area contributed by atoms with Gasteiger partial charge in [0.05, 0.1) is 28.7 Å². The Morgan fingerprint density at radius 2 is 1.20 bits per heavy atom. The minimum Gasteiger partial charge on any atom is -0.310 e. The molecule has 0 aliphatic heterocycles. The highest BCUT2D eigenvalue weighted by Gasteiger charge is 2.27. The SMILES string of the molecule is C1#CCC(n2c3ccccc3c3cccc(-n4c5c(c6cccc(-c7nc(-c8ccc9ccccc9c8)nc(-c8ccc(-c9ccccc9)c9ccccc89)n7)c64)C=CCC5)c32)=CC=C1. The molecule has 8 aromatic carbocycles. The fourth-order valence-electron chi connectivity index (χ4n) is 10.3. The van der Waals surface area contributed by atoms with Gasteiger partial charge in [-0.1, -0.05) is 170 Å². The molecule has 65 heavy (non-hydrogen) atoms. The van der Waals surface area contributed by atoms with E-state index in [2.05, 4.69) is 215 Å². The van der Waals surface area contributed by atoms with E-state index in [1.807, 2.05) is 6.08 Å². The van der Waals surface area contributed by atoms with Gasteiger partial charge in [-0.3, -0.25) is 0 Å². The second-order valence-electron chi connectivity index (χ2n) is 16.8. The van der Waals surface area contributed by atoms with Crippen molar-refractivity contribution in [1.29, 1.82) is 0 Å². The van der Waals surface area contributed by atoms with Gasteiger partial charge in [0.15, 0.2) is 17.5 Å². The Hall–Kier alpha value is -8.59. The molecule has 0 N–H and O–H groups in total. The lowest BCUT2D eigenvalue weighted by molar-refractivity contribution is 0.889. The summed E-state index contributed by atoms with van der Waals surface area (Å²) in [7, 11) is 0. The highest BCUT2D eigenvalue weighted by Crippen LogP contribution is 2.44. The van der Waals surface area contributed by atoms with Crippen LogP contribution in [-0.2, 0) is 6.42 Å². The van der Waals surface area contributed by atoms with E-state index in [-0.39, 0.29) is 0 Å². The van der Waals surface area contributed by atoms with E-state index in [1.54, 1.807) is 0 Å². The molecule has 0 unspecified atom stereocenters. The maximum atomic E-state index is 5.51. The first-order chi connectivity index (χ1) is 32.3. The van der Waals surface area contributed by atoms with Gasteiger partial charge in [-0.05, 0) is 88.0 Å². The number of nitrogens with zero attached hydrogens (tertiary/aromatic N) is 5. The van der Waals surface area contributed by atoms with Crippen molar-refractivity contribution in [3.8, 4) is 62.8 Å². The number of fused-ring (bicyclic) bond motifs is 8. The number of rotatable bonds is 6. The summed E-state index contributed by atoms with van der Waals surface area (Å²) in [5.41, 5.74) is 13.3. The van der Waals surface area contributed by atoms with Crippen LogP contribution in [0, 0.1) is 11.8 Å². The van der Waals surface area contributed by atoms with E-state index >= 15 is 0 Å². The van der Waals surface area contributed by atoms with Gasteiger partial charge in [0.25, 0.3) is 0 Å². The molecule has 0 radical (unpaired) electrons. The molecular weight excluding hydrogens is 791 g/mol. The Morgan fingerprint density at radius 1 is 0.492 bits per heavy atom.